The average Bonchev–Trinajstić information content (AvgIpc) is 2.87. The molecule has 1 aromatic carbocycles. The van der Waals surface area contributed by atoms with Gasteiger partial charge in [-0.05, 0) is 48.0 Å². The van der Waals surface area contributed by atoms with Crippen molar-refractivity contribution in [2.24, 2.45) is 0 Å². The second-order valence-corrected chi connectivity index (χ2v) is 4.80. The lowest BCUT2D eigenvalue weighted by molar-refractivity contribution is 0.223. The van der Waals surface area contributed by atoms with E-state index in [1.807, 2.05) is 0 Å². The van der Waals surface area contributed by atoms with E-state index >= 15 is 0 Å². The van der Waals surface area contributed by atoms with E-state index in [-0.39, 0.29) is 0 Å². The summed E-state index contributed by atoms with van der Waals surface area (Å²) in [7, 11) is 0. The molecular formula is C12H13NOS. The Balaban J connectivity index is 1.84. The number of benzene rings is 1. The van der Waals surface area contributed by atoms with E-state index in [2.05, 4.69) is 35.0 Å². The van der Waals surface area contributed by atoms with Crippen LogP contribution in [-0.4, -0.2) is 19.2 Å². The third kappa shape index (κ3) is 1.85. The minimum atomic E-state index is 0.348. The Morgan fingerprint density at radius 2 is 2.33 bits per heavy atom. The van der Waals surface area contributed by atoms with E-state index in [1.165, 1.54) is 10.1 Å². The molecule has 78 valence electrons. The third-order valence-electron chi connectivity index (χ3n) is 2.74. The van der Waals surface area contributed by atoms with Gasteiger partial charge in [0.2, 0.25) is 0 Å². The van der Waals surface area contributed by atoms with Crippen molar-refractivity contribution in [2.75, 3.05) is 13.1 Å². The fourth-order valence-electron chi connectivity index (χ4n) is 1.94. The van der Waals surface area contributed by atoms with Crippen molar-refractivity contribution in [3.63, 3.8) is 0 Å². The standard InChI is InChI=1S/C12H13NOS/c1-2-12-9(4-6-15-12)7-10(1)14-11-3-5-13-8-11/h1-2,4,6-7,11,13H,3,5,8H2. The molecule has 15 heavy (non-hydrogen) atoms. The molecule has 1 fully saturated rings. The molecule has 2 aromatic rings. The normalized spacial score (nSPS) is 20.9. The Hall–Kier alpha value is -1.06. The van der Waals surface area contributed by atoms with Crippen molar-refractivity contribution in [2.45, 2.75) is 12.5 Å². The topological polar surface area (TPSA) is 21.3 Å². The molecule has 1 aliphatic heterocycles. The second kappa shape index (κ2) is 3.83. The second-order valence-electron chi connectivity index (χ2n) is 3.85. The van der Waals surface area contributed by atoms with E-state index in [0.717, 1.165) is 25.3 Å². The number of hydrogen-bond acceptors (Lipinski definition) is 3. The summed E-state index contributed by atoms with van der Waals surface area (Å²) >= 11 is 1.77. The molecular weight excluding hydrogens is 206 g/mol. The number of thiophene rings is 1. The predicted molar refractivity (Wildman–Crippen MR) is 63.7 cm³/mol. The van der Waals surface area contributed by atoms with Crippen LogP contribution in [-0.2, 0) is 0 Å². The molecule has 1 aliphatic rings. The van der Waals surface area contributed by atoms with Gasteiger partial charge in [0, 0.05) is 11.2 Å². The molecule has 0 spiro atoms. The third-order valence-corrected chi connectivity index (χ3v) is 3.64. The number of rotatable bonds is 2. The van der Waals surface area contributed by atoms with Crippen molar-refractivity contribution in [3.05, 3.63) is 29.6 Å². The largest absolute Gasteiger partial charge is 0.489 e. The number of hydrogen-bond donors (Lipinski definition) is 1. The number of fused-ring (bicyclic) bond motifs is 1. The van der Waals surface area contributed by atoms with Crippen LogP contribution >= 0.6 is 11.3 Å². The minimum absolute atomic E-state index is 0.348. The summed E-state index contributed by atoms with van der Waals surface area (Å²) in [6.45, 7) is 2.05. The van der Waals surface area contributed by atoms with Gasteiger partial charge in [-0.25, -0.2) is 0 Å². The summed E-state index contributed by atoms with van der Waals surface area (Å²) in [5.41, 5.74) is 0. The van der Waals surface area contributed by atoms with Crippen LogP contribution in [0.15, 0.2) is 29.6 Å². The van der Waals surface area contributed by atoms with Crippen molar-refractivity contribution in [1.29, 1.82) is 0 Å². The summed E-state index contributed by atoms with van der Waals surface area (Å²) in [4.78, 5) is 0. The highest BCUT2D eigenvalue weighted by Crippen LogP contribution is 2.26. The lowest BCUT2D eigenvalue weighted by Gasteiger charge is -2.12. The molecule has 3 rings (SSSR count). The van der Waals surface area contributed by atoms with Gasteiger partial charge in [-0.2, -0.15) is 0 Å². The quantitative estimate of drug-likeness (QED) is 0.838. The Morgan fingerprint density at radius 1 is 1.33 bits per heavy atom. The minimum Gasteiger partial charge on any atom is -0.489 e. The smallest absolute Gasteiger partial charge is 0.120 e. The van der Waals surface area contributed by atoms with Crippen LogP contribution in [0, 0.1) is 0 Å². The maximum atomic E-state index is 5.89. The van der Waals surface area contributed by atoms with Crippen LogP contribution in [0.4, 0.5) is 0 Å². The zero-order valence-electron chi connectivity index (χ0n) is 8.40. The first-order chi connectivity index (χ1) is 7.42. The maximum absolute atomic E-state index is 5.89. The van der Waals surface area contributed by atoms with Gasteiger partial charge in [-0.15, -0.1) is 11.3 Å². The fraction of sp³-hybridized carbons (Fsp3) is 0.333. The summed E-state index contributed by atoms with van der Waals surface area (Å²) in [6.07, 6.45) is 1.46. The molecule has 0 bridgehead atoms. The lowest BCUT2D eigenvalue weighted by atomic mass is 10.2. The molecule has 1 saturated heterocycles. The molecule has 2 nitrogen and oxygen atoms in total. The average molecular weight is 219 g/mol. The SMILES string of the molecule is c1cc2cc(OC3CCNC3)ccc2s1. The first kappa shape index (κ1) is 9.19. The molecule has 1 aromatic heterocycles. The molecule has 1 unspecified atom stereocenters. The zero-order valence-corrected chi connectivity index (χ0v) is 9.22. The molecule has 0 amide bonds. The Kier molecular flexibility index (Phi) is 2.35. The molecule has 2 heterocycles. The monoisotopic (exact) mass is 219 g/mol. The summed E-state index contributed by atoms with van der Waals surface area (Å²) < 4.78 is 7.22. The van der Waals surface area contributed by atoms with Crippen molar-refractivity contribution >= 4 is 21.4 Å². The maximum Gasteiger partial charge on any atom is 0.120 e. The zero-order chi connectivity index (χ0) is 10.1. The van der Waals surface area contributed by atoms with Gasteiger partial charge >= 0.3 is 0 Å². The van der Waals surface area contributed by atoms with E-state index in [4.69, 9.17) is 4.74 Å². The van der Waals surface area contributed by atoms with E-state index in [1.54, 1.807) is 11.3 Å². The summed E-state index contributed by atoms with van der Waals surface area (Å²) in [6, 6.07) is 8.47. The number of ether oxygens (including phenoxy) is 1. The van der Waals surface area contributed by atoms with Crippen molar-refractivity contribution in [3.8, 4) is 5.75 Å². The fourth-order valence-corrected chi connectivity index (χ4v) is 2.71. The Labute approximate surface area is 92.9 Å². The van der Waals surface area contributed by atoms with Crippen LogP contribution in [0.25, 0.3) is 10.1 Å². The van der Waals surface area contributed by atoms with Gasteiger partial charge < -0.3 is 10.1 Å². The van der Waals surface area contributed by atoms with Gasteiger partial charge in [0.1, 0.15) is 11.9 Å². The predicted octanol–water partition coefficient (Wildman–Crippen LogP) is 2.64. The molecule has 0 aliphatic carbocycles. The lowest BCUT2D eigenvalue weighted by Crippen LogP contribution is -2.19. The highest BCUT2D eigenvalue weighted by atomic mass is 32.1. The van der Waals surface area contributed by atoms with Crippen LogP contribution in [0.2, 0.25) is 0 Å². The molecule has 1 N–H and O–H groups in total. The van der Waals surface area contributed by atoms with Crippen LogP contribution in [0.1, 0.15) is 6.42 Å². The van der Waals surface area contributed by atoms with Gasteiger partial charge in [0.25, 0.3) is 0 Å². The van der Waals surface area contributed by atoms with Gasteiger partial charge in [0.15, 0.2) is 0 Å². The molecule has 0 saturated carbocycles. The van der Waals surface area contributed by atoms with Crippen LogP contribution < -0.4 is 10.1 Å². The van der Waals surface area contributed by atoms with E-state index in [9.17, 15) is 0 Å². The molecule has 1 atom stereocenters. The highest BCUT2D eigenvalue weighted by molar-refractivity contribution is 7.17. The Bertz CT molecular complexity index is 459. The highest BCUT2D eigenvalue weighted by Gasteiger charge is 2.15. The molecule has 3 heteroatoms. The van der Waals surface area contributed by atoms with Gasteiger partial charge in [-0.3, -0.25) is 0 Å². The Morgan fingerprint density at radius 3 is 3.20 bits per heavy atom. The van der Waals surface area contributed by atoms with E-state index in [0.29, 0.717) is 6.10 Å². The van der Waals surface area contributed by atoms with Crippen LogP contribution in [0.3, 0.4) is 0 Å². The summed E-state index contributed by atoms with van der Waals surface area (Å²) in [5.74, 6) is 0.995. The van der Waals surface area contributed by atoms with Crippen molar-refractivity contribution in [1.82, 2.24) is 5.32 Å². The first-order valence-corrected chi connectivity index (χ1v) is 6.14. The van der Waals surface area contributed by atoms with Crippen molar-refractivity contribution < 1.29 is 4.74 Å². The molecule has 0 radical (unpaired) electrons. The number of nitrogens with one attached hydrogen (secondary N) is 1. The van der Waals surface area contributed by atoms with E-state index < -0.39 is 0 Å². The van der Waals surface area contributed by atoms with Gasteiger partial charge in [0.05, 0.1) is 0 Å². The van der Waals surface area contributed by atoms with Gasteiger partial charge in [-0.1, -0.05) is 0 Å². The van der Waals surface area contributed by atoms with Crippen LogP contribution in [0.5, 0.6) is 5.75 Å². The first-order valence-electron chi connectivity index (χ1n) is 5.26. The summed E-state index contributed by atoms with van der Waals surface area (Å²) in [5, 5.41) is 6.70.